The fourth-order valence-corrected chi connectivity index (χ4v) is 6.90. The van der Waals surface area contributed by atoms with Gasteiger partial charge < -0.3 is 10.6 Å². The summed E-state index contributed by atoms with van der Waals surface area (Å²) in [4.78, 5) is 0. The van der Waals surface area contributed by atoms with Crippen LogP contribution < -0.4 is 10.6 Å². The molecule has 0 amide bonds. The van der Waals surface area contributed by atoms with Gasteiger partial charge in [0.1, 0.15) is 11.6 Å². The molecule has 2 nitrogen and oxygen atoms in total. The molecule has 0 saturated heterocycles. The van der Waals surface area contributed by atoms with Crippen molar-refractivity contribution in [2.45, 2.75) is 57.9 Å². The second-order valence-corrected chi connectivity index (χ2v) is 9.52. The molecular formula is C19H24F2N2S. The molecule has 4 fully saturated rings. The van der Waals surface area contributed by atoms with Crippen molar-refractivity contribution in [3.63, 3.8) is 0 Å². The molecule has 4 aliphatic carbocycles. The van der Waals surface area contributed by atoms with Crippen molar-refractivity contribution >= 4 is 23.0 Å². The molecule has 5 rings (SSSR count). The van der Waals surface area contributed by atoms with Gasteiger partial charge in [0.15, 0.2) is 5.11 Å². The fraction of sp³-hybridized carbons (Fsp3) is 0.632. The summed E-state index contributed by atoms with van der Waals surface area (Å²) >= 11 is 5.45. The highest BCUT2D eigenvalue weighted by Crippen LogP contribution is 2.66. The first kappa shape index (κ1) is 16.2. The van der Waals surface area contributed by atoms with E-state index in [0.29, 0.717) is 15.9 Å². The summed E-state index contributed by atoms with van der Waals surface area (Å²) in [6.45, 7) is 4.81. The molecule has 0 spiro atoms. The quantitative estimate of drug-likeness (QED) is 0.734. The molecule has 0 aromatic heterocycles. The Hall–Kier alpha value is -1.23. The maximum absolute atomic E-state index is 13.8. The Labute approximate surface area is 147 Å². The molecule has 5 heteroatoms. The normalized spacial score (nSPS) is 39.8. The molecule has 1 aromatic carbocycles. The van der Waals surface area contributed by atoms with E-state index >= 15 is 0 Å². The van der Waals surface area contributed by atoms with Gasteiger partial charge in [-0.25, -0.2) is 8.78 Å². The first-order chi connectivity index (χ1) is 11.2. The Morgan fingerprint density at radius 3 is 2.33 bits per heavy atom. The Balaban J connectivity index is 1.51. The monoisotopic (exact) mass is 350 g/mol. The standard InChI is InChI=1S/C19H24F2N2S/c1-17-6-12-7-18(2,9-17)11-19(8-12,10-17)23-16(24)22-15-4-3-13(20)5-14(15)21/h3-5,12H,6-11H2,1-2H3,(H2,22,23,24). The summed E-state index contributed by atoms with van der Waals surface area (Å²) < 4.78 is 26.9. The van der Waals surface area contributed by atoms with Crippen molar-refractivity contribution < 1.29 is 8.78 Å². The second kappa shape index (κ2) is 5.13. The summed E-state index contributed by atoms with van der Waals surface area (Å²) in [6, 6.07) is 3.50. The van der Waals surface area contributed by atoms with Crippen LogP contribution in [0.1, 0.15) is 52.4 Å². The minimum absolute atomic E-state index is 0.0174. The van der Waals surface area contributed by atoms with E-state index in [-0.39, 0.29) is 11.2 Å². The van der Waals surface area contributed by atoms with Crippen molar-refractivity contribution in [1.82, 2.24) is 5.32 Å². The average Bonchev–Trinajstić information content (AvgIpc) is 2.37. The zero-order chi connectivity index (χ0) is 17.2. The van der Waals surface area contributed by atoms with Crippen LogP contribution in [-0.2, 0) is 0 Å². The number of hydrogen-bond acceptors (Lipinski definition) is 1. The molecule has 4 aliphatic rings. The van der Waals surface area contributed by atoms with Gasteiger partial charge in [0, 0.05) is 11.6 Å². The maximum atomic E-state index is 13.8. The highest BCUT2D eigenvalue weighted by molar-refractivity contribution is 7.80. The summed E-state index contributed by atoms with van der Waals surface area (Å²) in [5.41, 5.74) is 1.01. The summed E-state index contributed by atoms with van der Waals surface area (Å²) in [7, 11) is 0. The Morgan fingerprint density at radius 2 is 1.75 bits per heavy atom. The van der Waals surface area contributed by atoms with Gasteiger partial charge in [0.25, 0.3) is 0 Å². The molecule has 4 saturated carbocycles. The molecule has 2 atom stereocenters. The van der Waals surface area contributed by atoms with Gasteiger partial charge in [0.05, 0.1) is 5.69 Å². The lowest BCUT2D eigenvalue weighted by Gasteiger charge is -2.65. The summed E-state index contributed by atoms with van der Waals surface area (Å²) in [5, 5.41) is 6.88. The van der Waals surface area contributed by atoms with Crippen LogP contribution in [0.25, 0.3) is 0 Å². The van der Waals surface area contributed by atoms with E-state index < -0.39 is 11.6 Å². The van der Waals surface area contributed by atoms with Crippen LogP contribution in [0.3, 0.4) is 0 Å². The molecule has 4 bridgehead atoms. The van der Waals surface area contributed by atoms with Gasteiger partial charge in [-0.3, -0.25) is 0 Å². The lowest BCUT2D eigenvalue weighted by molar-refractivity contribution is -0.111. The van der Waals surface area contributed by atoms with Gasteiger partial charge in [0.2, 0.25) is 0 Å². The largest absolute Gasteiger partial charge is 0.357 e. The van der Waals surface area contributed by atoms with E-state index in [0.717, 1.165) is 31.2 Å². The molecule has 24 heavy (non-hydrogen) atoms. The van der Waals surface area contributed by atoms with Crippen LogP contribution in [0.4, 0.5) is 14.5 Å². The summed E-state index contributed by atoms with van der Waals surface area (Å²) in [6.07, 6.45) is 7.33. The third-order valence-electron chi connectivity index (χ3n) is 6.18. The topological polar surface area (TPSA) is 24.1 Å². The van der Waals surface area contributed by atoms with Crippen molar-refractivity contribution in [2.24, 2.45) is 16.7 Å². The molecule has 2 unspecified atom stereocenters. The Kier molecular flexibility index (Phi) is 3.48. The van der Waals surface area contributed by atoms with E-state index in [1.165, 1.54) is 31.4 Å². The fourth-order valence-electron chi connectivity index (χ4n) is 6.57. The van der Waals surface area contributed by atoms with Crippen LogP contribution in [-0.4, -0.2) is 10.7 Å². The molecular weight excluding hydrogens is 326 g/mol. The first-order valence-corrected chi connectivity index (χ1v) is 9.14. The van der Waals surface area contributed by atoms with Gasteiger partial charge in [-0.1, -0.05) is 13.8 Å². The van der Waals surface area contributed by atoms with Crippen molar-refractivity contribution in [3.8, 4) is 0 Å². The average molecular weight is 350 g/mol. The number of anilines is 1. The Bertz CT molecular complexity index is 687. The van der Waals surface area contributed by atoms with Gasteiger partial charge in [-0.2, -0.15) is 0 Å². The second-order valence-electron chi connectivity index (χ2n) is 9.11. The molecule has 2 N–H and O–H groups in total. The van der Waals surface area contributed by atoms with Crippen LogP contribution in [0.15, 0.2) is 18.2 Å². The molecule has 0 heterocycles. The van der Waals surface area contributed by atoms with E-state index in [2.05, 4.69) is 24.5 Å². The van der Waals surface area contributed by atoms with E-state index in [1.54, 1.807) is 0 Å². The van der Waals surface area contributed by atoms with Crippen LogP contribution >= 0.6 is 12.2 Å². The number of benzene rings is 1. The van der Waals surface area contributed by atoms with E-state index in [4.69, 9.17) is 12.2 Å². The maximum Gasteiger partial charge on any atom is 0.171 e. The van der Waals surface area contributed by atoms with E-state index in [9.17, 15) is 8.78 Å². The minimum Gasteiger partial charge on any atom is -0.357 e. The summed E-state index contributed by atoms with van der Waals surface area (Å²) in [5.74, 6) is -0.448. The van der Waals surface area contributed by atoms with E-state index in [1.807, 2.05) is 0 Å². The van der Waals surface area contributed by atoms with Crippen LogP contribution in [0.5, 0.6) is 0 Å². The molecule has 0 aliphatic heterocycles. The lowest BCUT2D eigenvalue weighted by Crippen LogP contribution is -2.65. The SMILES string of the molecule is CC12CC3CC(C)(C1)CC(NC(=S)Nc1ccc(F)cc1F)(C3)C2. The molecule has 0 radical (unpaired) electrons. The van der Waals surface area contributed by atoms with Gasteiger partial charge in [-0.15, -0.1) is 0 Å². The number of hydrogen-bond donors (Lipinski definition) is 2. The van der Waals surface area contributed by atoms with Crippen molar-refractivity contribution in [2.75, 3.05) is 5.32 Å². The third-order valence-corrected chi connectivity index (χ3v) is 6.39. The third kappa shape index (κ3) is 2.81. The number of rotatable bonds is 2. The van der Waals surface area contributed by atoms with Crippen molar-refractivity contribution in [1.29, 1.82) is 0 Å². The zero-order valence-corrected chi connectivity index (χ0v) is 15.0. The highest BCUT2D eigenvalue weighted by atomic mass is 32.1. The van der Waals surface area contributed by atoms with Crippen molar-refractivity contribution in [3.05, 3.63) is 29.8 Å². The van der Waals surface area contributed by atoms with Crippen LogP contribution in [0, 0.1) is 28.4 Å². The number of thiocarbonyl (C=S) groups is 1. The molecule has 130 valence electrons. The number of halogens is 2. The minimum atomic E-state index is -0.622. The zero-order valence-electron chi connectivity index (χ0n) is 14.2. The molecule has 1 aromatic rings. The first-order valence-electron chi connectivity index (χ1n) is 8.73. The predicted octanol–water partition coefficient (Wildman–Crippen LogP) is 5.00. The highest BCUT2D eigenvalue weighted by Gasteiger charge is 2.60. The Morgan fingerprint density at radius 1 is 1.08 bits per heavy atom. The number of nitrogens with one attached hydrogen (secondary N) is 2. The lowest BCUT2D eigenvalue weighted by atomic mass is 9.43. The van der Waals surface area contributed by atoms with Gasteiger partial charge >= 0.3 is 0 Å². The smallest absolute Gasteiger partial charge is 0.171 e. The van der Waals surface area contributed by atoms with Crippen LogP contribution in [0.2, 0.25) is 0 Å². The predicted molar refractivity (Wildman–Crippen MR) is 95.9 cm³/mol. The van der Waals surface area contributed by atoms with Gasteiger partial charge in [-0.05, 0) is 79.6 Å².